The molecule has 10 atom stereocenters. The molecule has 0 radical (unpaired) electrons. The van der Waals surface area contributed by atoms with E-state index in [2.05, 4.69) is 46.9 Å². The number of fused-ring (bicyclic) bond motifs is 3. The van der Waals surface area contributed by atoms with Crippen molar-refractivity contribution in [3.05, 3.63) is 83.2 Å². The molecule has 1 saturated heterocycles. The molecule has 3 heterocycles. The minimum absolute atomic E-state index is 0.00330. The molecule has 0 bridgehead atoms. The Kier molecular flexibility index (Phi) is 32.4. The van der Waals surface area contributed by atoms with Gasteiger partial charge in [0.15, 0.2) is 0 Å². The molecule has 6 amide bonds. The van der Waals surface area contributed by atoms with Gasteiger partial charge in [0.2, 0.25) is 29.5 Å². The number of benzene rings is 2. The summed E-state index contributed by atoms with van der Waals surface area (Å²) < 4.78 is 18.4. The summed E-state index contributed by atoms with van der Waals surface area (Å²) in [6, 6.07) is 13.6. The smallest absolute Gasteiger partial charge is 0.251 e. The summed E-state index contributed by atoms with van der Waals surface area (Å²) in [5, 5.41) is 13.5. The zero-order valence-corrected chi connectivity index (χ0v) is 61.1. The van der Waals surface area contributed by atoms with Gasteiger partial charge in [0.1, 0.15) is 6.29 Å². The average molecular weight is 1350 g/mol. The van der Waals surface area contributed by atoms with Crippen molar-refractivity contribution in [3.63, 3.8) is 0 Å². The number of unbranched alkanes of at least 4 members (excludes halogenated alkanes) is 3. The molecule has 1 aromatic heterocycles. The van der Waals surface area contributed by atoms with Gasteiger partial charge in [0, 0.05) is 80.3 Å². The summed E-state index contributed by atoms with van der Waals surface area (Å²) >= 11 is 4.10. The van der Waals surface area contributed by atoms with Crippen LogP contribution in [0.15, 0.2) is 60.7 Å². The molecule has 2 fully saturated rings. The zero-order chi connectivity index (χ0) is 69.2. The number of likely N-dealkylation sites (tertiary alicyclic amines) is 1. The Labute approximate surface area is 576 Å². The van der Waals surface area contributed by atoms with Crippen molar-refractivity contribution in [2.75, 3.05) is 67.6 Å². The molecule has 21 heteroatoms. The number of methoxy groups -OCH3 is 2. The number of thioether (sulfide) groups is 2. The lowest BCUT2D eigenvalue weighted by Gasteiger charge is -2.39. The second-order valence-corrected chi connectivity index (χ2v) is 31.0. The minimum Gasteiger partial charge on any atom is -0.379 e. The Bertz CT molecular complexity index is 2970. The Morgan fingerprint density at radius 3 is 2.07 bits per heavy atom. The van der Waals surface area contributed by atoms with E-state index in [1.807, 2.05) is 114 Å². The number of aldehydes is 1. The summed E-state index contributed by atoms with van der Waals surface area (Å²) in [6.45, 7) is 19.9. The number of hydrogen-bond donors (Lipinski definition) is 4. The maximum Gasteiger partial charge on any atom is 0.251 e. The fraction of sp³-hybridized carbons (Fsp3) is 0.689. The molecule has 3 aliphatic rings. The molecule has 2 aromatic carbocycles. The van der Waals surface area contributed by atoms with Crippen LogP contribution in [0.1, 0.15) is 192 Å². The van der Waals surface area contributed by atoms with Crippen LogP contribution in [-0.2, 0) is 60.9 Å². The number of carbonyl (C=O) groups excluding carboxylic acids is 7. The van der Waals surface area contributed by atoms with E-state index in [1.165, 1.54) is 51.0 Å². The van der Waals surface area contributed by atoms with E-state index < -0.39 is 41.9 Å². The first-order valence-electron chi connectivity index (χ1n) is 35.2. The second-order valence-electron chi connectivity index (χ2n) is 28.6. The molecule has 1 aliphatic carbocycles. The summed E-state index contributed by atoms with van der Waals surface area (Å²) in [5.41, 5.74) is 4.22. The van der Waals surface area contributed by atoms with Crippen LogP contribution in [0.3, 0.4) is 0 Å². The lowest BCUT2D eigenvalue weighted by molar-refractivity contribution is -0.146. The first-order chi connectivity index (χ1) is 45.4. The summed E-state index contributed by atoms with van der Waals surface area (Å²) in [6.07, 6.45) is 17.9. The highest BCUT2D eigenvalue weighted by Crippen LogP contribution is 2.40. The predicted molar refractivity (Wildman–Crippen MR) is 382 cm³/mol. The van der Waals surface area contributed by atoms with Crippen LogP contribution in [0, 0.1) is 23.2 Å². The number of carbonyl (C=O) groups is 7. The van der Waals surface area contributed by atoms with Gasteiger partial charge in [-0.05, 0) is 114 Å². The summed E-state index contributed by atoms with van der Waals surface area (Å²) in [4.78, 5) is 110. The monoisotopic (exact) mass is 1350 g/mol. The molecule has 2 aliphatic heterocycles. The lowest BCUT2D eigenvalue weighted by Crippen LogP contribution is -2.55. The topological polar surface area (TPSA) is 231 Å². The first-order valence-corrected chi connectivity index (χ1v) is 37.3. The van der Waals surface area contributed by atoms with Crippen LogP contribution in [0.4, 0.5) is 0 Å². The largest absolute Gasteiger partial charge is 0.379 e. The van der Waals surface area contributed by atoms with Crippen molar-refractivity contribution in [1.29, 1.82) is 0 Å². The van der Waals surface area contributed by atoms with Crippen molar-refractivity contribution in [2.24, 2.45) is 23.2 Å². The van der Waals surface area contributed by atoms with Crippen LogP contribution in [0.2, 0.25) is 0 Å². The highest BCUT2D eigenvalue weighted by atomic mass is 32.2. The molecule has 19 nitrogen and oxygen atoms in total. The third kappa shape index (κ3) is 24.5. The molecule has 528 valence electrons. The van der Waals surface area contributed by atoms with Crippen molar-refractivity contribution in [1.82, 2.24) is 45.9 Å². The fourth-order valence-electron chi connectivity index (χ4n) is 13.6. The molecule has 3 aromatic rings. The molecule has 10 unspecified atom stereocenters. The average Bonchev–Trinajstić information content (AvgIpc) is 1.79. The minimum atomic E-state index is -0.662. The number of rotatable bonds is 36. The van der Waals surface area contributed by atoms with Gasteiger partial charge in [-0.2, -0.15) is 23.5 Å². The predicted octanol–water partition coefficient (Wildman–Crippen LogP) is 10.7. The number of hydrogen-bond acceptors (Lipinski definition) is 15. The van der Waals surface area contributed by atoms with Crippen molar-refractivity contribution in [2.45, 2.75) is 235 Å². The molecular formula is C74H115N9O10S2. The number of nitrogens with one attached hydrogen (secondary N) is 4. The molecular weight excluding hydrogens is 1240 g/mol. The van der Waals surface area contributed by atoms with Gasteiger partial charge in [-0.1, -0.05) is 136 Å². The van der Waals surface area contributed by atoms with E-state index in [1.54, 1.807) is 44.1 Å². The third-order valence-corrected chi connectivity index (χ3v) is 22.5. The summed E-state index contributed by atoms with van der Waals surface area (Å²) in [7, 11) is 6.74. The number of ether oxygens (including phenoxy) is 3. The highest BCUT2D eigenvalue weighted by molar-refractivity contribution is 8.03. The second kappa shape index (κ2) is 39.2. The number of nitrogens with zero attached hydrogens (tertiary/aromatic N) is 5. The van der Waals surface area contributed by atoms with E-state index in [0.717, 1.165) is 71.6 Å². The van der Waals surface area contributed by atoms with E-state index in [0.29, 0.717) is 80.8 Å². The van der Waals surface area contributed by atoms with E-state index in [-0.39, 0.29) is 71.7 Å². The zero-order valence-electron chi connectivity index (χ0n) is 59.5. The number of aromatic nitrogens is 2. The number of amides is 6. The van der Waals surface area contributed by atoms with Crippen LogP contribution < -0.4 is 21.3 Å². The maximum absolute atomic E-state index is 14.4. The lowest BCUT2D eigenvalue weighted by atomic mass is 9.90. The van der Waals surface area contributed by atoms with E-state index in [9.17, 15) is 33.6 Å². The summed E-state index contributed by atoms with van der Waals surface area (Å²) in [5.74, 6) is -0.153. The van der Waals surface area contributed by atoms with Crippen LogP contribution >= 0.6 is 23.5 Å². The quantitative estimate of drug-likeness (QED) is 0.0241. The molecule has 0 spiro atoms. The Morgan fingerprint density at radius 2 is 1.43 bits per heavy atom. The van der Waals surface area contributed by atoms with Crippen molar-refractivity contribution in [3.8, 4) is 0 Å². The van der Waals surface area contributed by atoms with Crippen molar-refractivity contribution < 1.29 is 47.8 Å². The van der Waals surface area contributed by atoms with Gasteiger partial charge in [-0.15, -0.1) is 0 Å². The van der Waals surface area contributed by atoms with Crippen LogP contribution in [-0.4, -0.2) is 187 Å². The fourth-order valence-corrected chi connectivity index (χ4v) is 16.6. The maximum atomic E-state index is 14.4. The van der Waals surface area contributed by atoms with E-state index in [4.69, 9.17) is 24.2 Å². The van der Waals surface area contributed by atoms with Gasteiger partial charge in [0.25, 0.3) is 5.91 Å². The normalized spacial score (nSPS) is 19.5. The van der Waals surface area contributed by atoms with Gasteiger partial charge in [-0.25, -0.2) is 9.97 Å². The first kappa shape index (κ1) is 78.5. The van der Waals surface area contributed by atoms with Gasteiger partial charge >= 0.3 is 0 Å². The highest BCUT2D eigenvalue weighted by Gasteiger charge is 2.43. The Balaban J connectivity index is 0.885. The molecule has 4 N–H and O–H groups in total. The molecule has 6 rings (SSSR count). The van der Waals surface area contributed by atoms with Gasteiger partial charge < -0.3 is 45.3 Å². The third-order valence-electron chi connectivity index (χ3n) is 19.4. The standard InChI is InChI=1S/C74H115N9O10S2/c1-14-51(4)68(61(91-12)43-65(86)83-39-27-32-60(83)69(92-13)52(5)70(88)78-55(31-28-40-84)41-53-29-21-20-22-30-53)82(11)66(87)44-75-72(90)67(50(2)3)81(10)38-26-19-18-25-35-64(85)76-48-74(8,9)93-49-73(6,7)47-77-71(89)54-36-37-56-57(42-54)80-59-46-95-63-34-24-17-15-16-23-33-62(63)94-45-58(59)79-56/h20-22,28-31,36-37,40,42,50-52,55,60-63,67-69H,14-19,23-27,32-35,38-39,41,43-49H2,1-13H3,(H,75,90)(H,76,85)(H,77,89)(H,78,88)/b31-28+. The Hall–Kier alpha value is -5.45. The SMILES string of the molecule is CCC(C)C(C(CC(=O)N1CCCC1C(OC)C(C)C(=O)NC(/C=C/C=O)Cc1ccccc1)OC)N(C)C(=O)CNC(=O)C(C(C)C)N(C)CCCCCCC(=O)NCC(C)(C)OCC(C)(C)CNC(=O)c1ccc2nc3c(nc2c1)CSC1CCCCCCCC1SC3. The number of allylic oxidation sites excluding steroid dienone is 1. The van der Waals surface area contributed by atoms with Crippen molar-refractivity contribution >= 4 is 76.3 Å². The Morgan fingerprint density at radius 1 is 0.768 bits per heavy atom. The van der Waals surface area contributed by atoms with Crippen LogP contribution in [0.25, 0.3) is 11.0 Å². The molecule has 1 saturated carbocycles. The van der Waals surface area contributed by atoms with Gasteiger partial charge in [0.05, 0.1) is 89.9 Å². The number of likely N-dealkylation sites (N-methyl/N-ethyl adjacent to an activating group) is 2. The van der Waals surface area contributed by atoms with Gasteiger partial charge in [-0.3, -0.25) is 38.5 Å². The van der Waals surface area contributed by atoms with Crippen LogP contribution in [0.5, 0.6) is 0 Å². The molecule has 95 heavy (non-hydrogen) atoms. The van der Waals surface area contributed by atoms with E-state index >= 15 is 0 Å².